The lowest BCUT2D eigenvalue weighted by atomic mass is 9.69. The molecule has 8 heteroatoms. The molecule has 0 unspecified atom stereocenters. The van der Waals surface area contributed by atoms with E-state index < -0.39 is 23.8 Å². The van der Waals surface area contributed by atoms with Crippen LogP contribution in [0, 0.1) is 11.8 Å². The van der Waals surface area contributed by atoms with Gasteiger partial charge in [0.1, 0.15) is 12.5 Å². The third kappa shape index (κ3) is 5.59. The average molecular weight is 485 g/mol. The number of hydrogen-bond donors (Lipinski definition) is 1. The maximum atomic E-state index is 13.7. The van der Waals surface area contributed by atoms with Crippen LogP contribution in [0.15, 0.2) is 46.8 Å². The fourth-order valence-corrected chi connectivity index (χ4v) is 4.75. The lowest BCUT2D eigenvalue weighted by molar-refractivity contribution is -0.151. The molecule has 1 aromatic rings. The van der Waals surface area contributed by atoms with Crippen LogP contribution in [0.5, 0.6) is 0 Å². The van der Waals surface area contributed by atoms with E-state index in [1.54, 1.807) is 0 Å². The van der Waals surface area contributed by atoms with Gasteiger partial charge in [-0.15, -0.1) is 0 Å². The molecule has 0 radical (unpaired) electrons. The molecular weight excluding hydrogens is 448 g/mol. The van der Waals surface area contributed by atoms with Crippen LogP contribution in [0.4, 0.5) is 5.69 Å². The summed E-state index contributed by atoms with van der Waals surface area (Å²) in [4.78, 5) is 41.6. The molecular formula is C27H36N2O6. The number of esters is 2. The van der Waals surface area contributed by atoms with Crippen molar-refractivity contribution in [2.75, 3.05) is 39.3 Å². The third-order valence-corrected chi connectivity index (χ3v) is 6.47. The lowest BCUT2D eigenvalue weighted by Crippen LogP contribution is -2.43. The summed E-state index contributed by atoms with van der Waals surface area (Å²) < 4.78 is 16.0. The number of rotatable bonds is 8. The number of allylic oxidation sites excluding steroid dienone is 3. The molecule has 3 atom stereocenters. The summed E-state index contributed by atoms with van der Waals surface area (Å²) in [5, 5.41) is 3.27. The van der Waals surface area contributed by atoms with Crippen LogP contribution in [0.1, 0.15) is 45.6 Å². The van der Waals surface area contributed by atoms with Crippen LogP contribution < -0.4 is 10.2 Å². The van der Waals surface area contributed by atoms with Gasteiger partial charge in [-0.05, 0) is 50.8 Å². The molecule has 1 aliphatic carbocycles. The summed E-state index contributed by atoms with van der Waals surface area (Å²) in [5.41, 5.74) is 3.92. The van der Waals surface area contributed by atoms with E-state index in [1.807, 2.05) is 71.0 Å². The van der Waals surface area contributed by atoms with Crippen LogP contribution in [0.3, 0.4) is 0 Å². The average Bonchev–Trinajstić information content (AvgIpc) is 2.80. The molecule has 0 saturated carbocycles. The van der Waals surface area contributed by atoms with E-state index in [9.17, 15) is 14.4 Å². The van der Waals surface area contributed by atoms with E-state index in [1.165, 1.54) is 7.11 Å². The smallest absolute Gasteiger partial charge is 0.336 e. The maximum Gasteiger partial charge on any atom is 0.336 e. The van der Waals surface area contributed by atoms with Crippen LogP contribution in [-0.2, 0) is 28.6 Å². The predicted octanol–water partition coefficient (Wildman–Crippen LogP) is 3.33. The summed E-state index contributed by atoms with van der Waals surface area (Å²) in [7, 11) is 5.17. The number of anilines is 1. The second-order valence-corrected chi connectivity index (χ2v) is 9.58. The fraction of sp³-hybridized carbons (Fsp3) is 0.519. The zero-order valence-electron chi connectivity index (χ0n) is 21.6. The van der Waals surface area contributed by atoms with E-state index in [0.29, 0.717) is 23.3 Å². The van der Waals surface area contributed by atoms with E-state index in [2.05, 4.69) is 5.32 Å². The van der Waals surface area contributed by atoms with Crippen molar-refractivity contribution in [3.05, 3.63) is 52.4 Å². The van der Waals surface area contributed by atoms with E-state index >= 15 is 0 Å². The first kappa shape index (κ1) is 26.5. The van der Waals surface area contributed by atoms with Crippen LogP contribution in [-0.4, -0.2) is 58.2 Å². The van der Waals surface area contributed by atoms with E-state index in [4.69, 9.17) is 14.2 Å². The third-order valence-electron chi connectivity index (χ3n) is 6.47. The highest BCUT2D eigenvalue weighted by Gasteiger charge is 2.47. The number of ketones is 1. The van der Waals surface area contributed by atoms with Crippen LogP contribution in [0.2, 0.25) is 0 Å². The zero-order chi connectivity index (χ0) is 25.9. The number of benzene rings is 1. The molecule has 1 heterocycles. The number of Topliss-reactive ketones (excluding diaryl/α,β-unsaturated/α-hetero) is 1. The molecule has 0 spiro atoms. The number of carbonyl (C=O) groups is 3. The van der Waals surface area contributed by atoms with Crippen molar-refractivity contribution in [2.24, 2.45) is 11.8 Å². The van der Waals surface area contributed by atoms with Gasteiger partial charge in [-0.25, -0.2) is 4.79 Å². The van der Waals surface area contributed by atoms with Gasteiger partial charge < -0.3 is 24.4 Å². The summed E-state index contributed by atoms with van der Waals surface area (Å²) in [6.45, 7) is 7.88. The maximum absolute atomic E-state index is 13.7. The Kier molecular flexibility index (Phi) is 8.38. The molecule has 8 nitrogen and oxygen atoms in total. The van der Waals surface area contributed by atoms with Gasteiger partial charge in [-0.1, -0.05) is 19.1 Å². The molecule has 0 aromatic heterocycles. The highest BCUT2D eigenvalue weighted by molar-refractivity contribution is 6.12. The molecule has 2 aliphatic rings. The number of methoxy groups -OCH3 is 1. The Bertz CT molecular complexity index is 1040. The Morgan fingerprint density at radius 3 is 2.37 bits per heavy atom. The Hall–Kier alpha value is -3.13. The Morgan fingerprint density at radius 1 is 1.14 bits per heavy atom. The second-order valence-electron chi connectivity index (χ2n) is 9.58. The molecule has 3 rings (SSSR count). The summed E-state index contributed by atoms with van der Waals surface area (Å²) >= 11 is 0. The second kappa shape index (κ2) is 11.1. The van der Waals surface area contributed by atoms with E-state index in [0.717, 1.165) is 16.9 Å². The minimum atomic E-state index is -0.917. The standard InChI is InChI=1S/C27H36N2O6/c1-15(2)34-12-13-35-27(32)22-17(4)28-20-14-16(3)21(26(31)33-7)25(30)24(20)23(22)18-8-10-19(11-9-18)29(5)6/h8-11,15-16,21,23,28H,12-14H2,1-7H3/t16-,21+,23+/m0/s1. The summed E-state index contributed by atoms with van der Waals surface area (Å²) in [5.74, 6) is -3.20. The number of nitrogens with zero attached hydrogens (tertiary/aromatic N) is 1. The van der Waals surface area contributed by atoms with Gasteiger partial charge in [0.05, 0.1) is 25.4 Å². The lowest BCUT2D eigenvalue weighted by Gasteiger charge is -2.38. The molecule has 0 bridgehead atoms. The first-order chi connectivity index (χ1) is 16.6. The van der Waals surface area contributed by atoms with Gasteiger partial charge in [-0.2, -0.15) is 0 Å². The van der Waals surface area contributed by atoms with Crippen molar-refractivity contribution < 1.29 is 28.6 Å². The number of nitrogens with one attached hydrogen (secondary N) is 1. The number of carbonyl (C=O) groups excluding carboxylic acids is 3. The Labute approximate surface area is 207 Å². The molecule has 0 saturated heterocycles. The molecule has 1 aliphatic heterocycles. The predicted molar refractivity (Wildman–Crippen MR) is 133 cm³/mol. The normalized spacial score (nSPS) is 22.1. The monoisotopic (exact) mass is 484 g/mol. The summed E-state index contributed by atoms with van der Waals surface area (Å²) in [6.07, 6.45) is 0.522. The Balaban J connectivity index is 2.05. The van der Waals surface area contributed by atoms with Crippen LogP contribution in [0.25, 0.3) is 0 Å². The topological polar surface area (TPSA) is 94.2 Å². The number of hydrogen-bond acceptors (Lipinski definition) is 8. The minimum Gasteiger partial charge on any atom is -0.468 e. The first-order valence-corrected chi connectivity index (χ1v) is 12.0. The van der Waals surface area contributed by atoms with Crippen molar-refractivity contribution in [1.29, 1.82) is 0 Å². The zero-order valence-corrected chi connectivity index (χ0v) is 21.6. The highest BCUT2D eigenvalue weighted by Crippen LogP contribution is 2.45. The number of ether oxygens (including phenoxy) is 3. The molecule has 1 N–H and O–H groups in total. The Morgan fingerprint density at radius 2 is 1.80 bits per heavy atom. The fourth-order valence-electron chi connectivity index (χ4n) is 4.75. The van der Waals surface area contributed by atoms with Gasteiger partial charge in [0.25, 0.3) is 0 Å². The van der Waals surface area contributed by atoms with Gasteiger partial charge in [-0.3, -0.25) is 9.59 Å². The molecule has 0 amide bonds. The molecule has 1 aromatic carbocycles. The molecule has 190 valence electrons. The van der Waals surface area contributed by atoms with Crippen molar-refractivity contribution >= 4 is 23.4 Å². The minimum absolute atomic E-state index is 0.0266. The SMILES string of the molecule is COC(=O)[C@H]1C(=O)C2=C(C[C@@H]1C)NC(C)=C(C(=O)OCCOC(C)C)[C@H]2c1ccc(N(C)C)cc1. The van der Waals surface area contributed by atoms with Gasteiger partial charge in [0.15, 0.2) is 5.78 Å². The van der Waals surface area contributed by atoms with E-state index in [-0.39, 0.29) is 31.0 Å². The van der Waals surface area contributed by atoms with Crippen molar-refractivity contribution in [2.45, 2.75) is 46.1 Å². The van der Waals surface area contributed by atoms with Gasteiger partial charge in [0, 0.05) is 42.7 Å². The quantitative estimate of drug-likeness (QED) is 0.341. The van der Waals surface area contributed by atoms with Gasteiger partial charge in [0.2, 0.25) is 0 Å². The summed E-state index contributed by atoms with van der Waals surface area (Å²) in [6, 6.07) is 7.72. The van der Waals surface area contributed by atoms with Crippen molar-refractivity contribution in [3.8, 4) is 0 Å². The van der Waals surface area contributed by atoms with Crippen molar-refractivity contribution in [3.63, 3.8) is 0 Å². The highest BCUT2D eigenvalue weighted by atomic mass is 16.6. The van der Waals surface area contributed by atoms with Gasteiger partial charge >= 0.3 is 11.9 Å². The largest absolute Gasteiger partial charge is 0.468 e. The molecule has 35 heavy (non-hydrogen) atoms. The van der Waals surface area contributed by atoms with Crippen LogP contribution >= 0.6 is 0 Å². The molecule has 0 fully saturated rings. The number of dihydropyridines is 1. The van der Waals surface area contributed by atoms with Crippen molar-refractivity contribution in [1.82, 2.24) is 5.32 Å². The first-order valence-electron chi connectivity index (χ1n) is 12.0.